The van der Waals surface area contributed by atoms with Crippen LogP contribution in [0.2, 0.25) is 0 Å². The van der Waals surface area contributed by atoms with Crippen LogP contribution in [0.15, 0.2) is 47.4 Å². The lowest BCUT2D eigenvalue weighted by Gasteiger charge is -2.08. The van der Waals surface area contributed by atoms with Crippen LogP contribution in [-0.2, 0) is 37.3 Å². The molecule has 0 aliphatic rings. The number of methoxy groups -OCH3 is 1. The molecule has 0 aliphatic heterocycles. The van der Waals surface area contributed by atoms with E-state index >= 15 is 0 Å². The van der Waals surface area contributed by atoms with Gasteiger partial charge in [-0.3, -0.25) is 9.59 Å². The summed E-state index contributed by atoms with van der Waals surface area (Å²) in [5.74, 6) is -1.76. The second-order valence-electron chi connectivity index (χ2n) is 5.77. The maximum atomic E-state index is 13.6. The fraction of sp³-hybridized carbons (Fsp3) is 0.222. The molecule has 0 spiro atoms. The first-order valence-corrected chi connectivity index (χ1v) is 9.60. The predicted molar refractivity (Wildman–Crippen MR) is 97.3 cm³/mol. The van der Waals surface area contributed by atoms with Crippen molar-refractivity contribution in [2.75, 3.05) is 13.7 Å². The Morgan fingerprint density at radius 3 is 2.32 bits per heavy atom. The van der Waals surface area contributed by atoms with Crippen molar-refractivity contribution in [1.29, 1.82) is 0 Å². The van der Waals surface area contributed by atoms with Crippen LogP contribution < -0.4 is 15.2 Å². The van der Waals surface area contributed by atoms with E-state index in [-0.39, 0.29) is 23.6 Å². The van der Waals surface area contributed by atoms with Crippen LogP contribution in [-0.4, -0.2) is 34.0 Å². The molecule has 0 bridgehead atoms. The first-order chi connectivity index (χ1) is 13.2. The molecule has 0 radical (unpaired) electrons. The van der Waals surface area contributed by atoms with E-state index in [0.29, 0.717) is 11.1 Å². The number of carbonyl (C=O) groups excluding carboxylic acids is 2. The topological polar surface area (TPSA) is 125 Å². The number of carbonyl (C=O) groups is 2. The SMILES string of the molecule is COc1ccc(CC(=O)OCC(=O)NCc2ccc(S(N)(=O)=O)cc2)cc1F. The van der Waals surface area contributed by atoms with Crippen LogP contribution in [0, 0.1) is 5.82 Å². The van der Waals surface area contributed by atoms with Crippen LogP contribution in [0.3, 0.4) is 0 Å². The van der Waals surface area contributed by atoms with Gasteiger partial charge in [0.1, 0.15) is 0 Å². The van der Waals surface area contributed by atoms with Gasteiger partial charge in [0, 0.05) is 6.54 Å². The van der Waals surface area contributed by atoms with Gasteiger partial charge in [-0.15, -0.1) is 0 Å². The standard InChI is InChI=1S/C18H19FN2O6S/c1-26-16-7-4-13(8-15(16)19)9-18(23)27-11-17(22)21-10-12-2-5-14(6-3-12)28(20,24)25/h2-8H,9-11H2,1H3,(H,21,22)(H2,20,24,25). The minimum Gasteiger partial charge on any atom is -0.494 e. The normalized spacial score (nSPS) is 11.0. The Morgan fingerprint density at radius 2 is 1.75 bits per heavy atom. The van der Waals surface area contributed by atoms with E-state index < -0.39 is 34.3 Å². The van der Waals surface area contributed by atoms with E-state index in [1.54, 1.807) is 0 Å². The molecule has 0 saturated heterocycles. The first kappa shape index (κ1) is 21.3. The lowest BCUT2D eigenvalue weighted by Crippen LogP contribution is -2.28. The molecule has 3 N–H and O–H groups in total. The average molecular weight is 410 g/mol. The van der Waals surface area contributed by atoms with Gasteiger partial charge in [-0.1, -0.05) is 18.2 Å². The molecule has 10 heteroatoms. The lowest BCUT2D eigenvalue weighted by atomic mass is 10.1. The zero-order valence-electron chi connectivity index (χ0n) is 15.0. The van der Waals surface area contributed by atoms with Crippen molar-refractivity contribution >= 4 is 21.9 Å². The van der Waals surface area contributed by atoms with Crippen LogP contribution in [0.1, 0.15) is 11.1 Å². The number of nitrogens with one attached hydrogen (secondary N) is 1. The molecule has 0 heterocycles. The predicted octanol–water partition coefficient (Wildman–Crippen LogP) is 0.884. The maximum Gasteiger partial charge on any atom is 0.310 e. The second kappa shape index (κ2) is 9.29. The molecule has 0 saturated carbocycles. The molecule has 0 atom stereocenters. The number of sulfonamides is 1. The van der Waals surface area contributed by atoms with E-state index in [1.807, 2.05) is 0 Å². The number of hydrogen-bond acceptors (Lipinski definition) is 6. The van der Waals surface area contributed by atoms with Crippen molar-refractivity contribution < 1.29 is 31.9 Å². The Labute approximate surface area is 161 Å². The van der Waals surface area contributed by atoms with E-state index in [2.05, 4.69) is 5.32 Å². The molecule has 0 aliphatic carbocycles. The van der Waals surface area contributed by atoms with Crippen molar-refractivity contribution in [2.24, 2.45) is 5.14 Å². The lowest BCUT2D eigenvalue weighted by molar-refractivity contribution is -0.147. The molecule has 2 aromatic rings. The Kier molecular flexibility index (Phi) is 7.07. The van der Waals surface area contributed by atoms with E-state index in [0.717, 1.165) is 6.07 Å². The smallest absolute Gasteiger partial charge is 0.310 e. The zero-order valence-corrected chi connectivity index (χ0v) is 15.8. The second-order valence-corrected chi connectivity index (χ2v) is 7.33. The monoisotopic (exact) mass is 410 g/mol. The van der Waals surface area contributed by atoms with Gasteiger partial charge in [-0.2, -0.15) is 0 Å². The number of hydrogen-bond donors (Lipinski definition) is 2. The zero-order chi connectivity index (χ0) is 20.7. The molecule has 2 rings (SSSR count). The largest absolute Gasteiger partial charge is 0.494 e. The molecule has 0 fully saturated rings. The van der Waals surface area contributed by atoms with E-state index in [4.69, 9.17) is 14.6 Å². The Hall–Kier alpha value is -2.98. The number of primary sulfonamides is 1. The minimum absolute atomic E-state index is 0.0357. The Balaban J connectivity index is 1.77. The fourth-order valence-electron chi connectivity index (χ4n) is 2.23. The summed E-state index contributed by atoms with van der Waals surface area (Å²) in [7, 11) is -2.44. The fourth-order valence-corrected chi connectivity index (χ4v) is 2.75. The highest BCUT2D eigenvalue weighted by Gasteiger charge is 2.11. The Bertz CT molecular complexity index is 961. The number of benzene rings is 2. The maximum absolute atomic E-state index is 13.6. The number of amides is 1. The number of halogens is 1. The molecule has 0 aromatic heterocycles. The first-order valence-electron chi connectivity index (χ1n) is 8.05. The van der Waals surface area contributed by atoms with Crippen LogP contribution in [0.25, 0.3) is 0 Å². The van der Waals surface area contributed by atoms with Crippen molar-refractivity contribution in [3.63, 3.8) is 0 Å². The van der Waals surface area contributed by atoms with Crippen LogP contribution >= 0.6 is 0 Å². The van der Waals surface area contributed by atoms with Crippen molar-refractivity contribution in [2.45, 2.75) is 17.9 Å². The summed E-state index contributed by atoms with van der Waals surface area (Å²) in [6.07, 6.45) is -0.191. The van der Waals surface area contributed by atoms with E-state index in [1.165, 1.54) is 43.5 Å². The molecule has 8 nitrogen and oxygen atoms in total. The highest BCUT2D eigenvalue weighted by molar-refractivity contribution is 7.89. The molecule has 0 unspecified atom stereocenters. The summed E-state index contributed by atoms with van der Waals surface area (Å²) in [5.41, 5.74) is 1.03. The van der Waals surface area contributed by atoms with Gasteiger partial charge in [0.25, 0.3) is 5.91 Å². The summed E-state index contributed by atoms with van der Waals surface area (Å²) >= 11 is 0. The highest BCUT2D eigenvalue weighted by atomic mass is 32.2. The molecule has 150 valence electrons. The van der Waals surface area contributed by atoms with Gasteiger partial charge in [-0.25, -0.2) is 17.9 Å². The third-order valence-corrected chi connectivity index (χ3v) is 4.60. The Morgan fingerprint density at radius 1 is 1.11 bits per heavy atom. The summed E-state index contributed by atoms with van der Waals surface area (Å²) in [6, 6.07) is 9.73. The molecule has 28 heavy (non-hydrogen) atoms. The third kappa shape index (κ3) is 6.32. The summed E-state index contributed by atoms with van der Waals surface area (Å²) in [4.78, 5) is 23.5. The number of esters is 1. The summed E-state index contributed by atoms with van der Waals surface area (Å²) in [5, 5.41) is 7.53. The van der Waals surface area contributed by atoms with Gasteiger partial charge >= 0.3 is 5.97 Å². The average Bonchev–Trinajstić information content (AvgIpc) is 2.64. The number of rotatable bonds is 8. The van der Waals surface area contributed by atoms with Gasteiger partial charge < -0.3 is 14.8 Å². The van der Waals surface area contributed by atoms with Gasteiger partial charge in [0.05, 0.1) is 18.4 Å². The third-order valence-electron chi connectivity index (χ3n) is 3.67. The van der Waals surface area contributed by atoms with Crippen molar-refractivity contribution in [1.82, 2.24) is 5.32 Å². The van der Waals surface area contributed by atoms with Gasteiger partial charge in [-0.05, 0) is 35.4 Å². The number of nitrogens with two attached hydrogens (primary N) is 1. The van der Waals surface area contributed by atoms with Gasteiger partial charge in [0.2, 0.25) is 10.0 Å². The number of ether oxygens (including phenoxy) is 2. The highest BCUT2D eigenvalue weighted by Crippen LogP contribution is 2.18. The van der Waals surface area contributed by atoms with Crippen molar-refractivity contribution in [3.8, 4) is 5.75 Å². The molecule has 1 amide bonds. The molecule has 2 aromatic carbocycles. The van der Waals surface area contributed by atoms with Crippen LogP contribution in [0.4, 0.5) is 4.39 Å². The summed E-state index contributed by atoms with van der Waals surface area (Å²) < 4.78 is 45.6. The van der Waals surface area contributed by atoms with Crippen LogP contribution in [0.5, 0.6) is 5.75 Å². The van der Waals surface area contributed by atoms with Crippen molar-refractivity contribution in [3.05, 3.63) is 59.4 Å². The summed E-state index contributed by atoms with van der Waals surface area (Å²) in [6.45, 7) is -0.377. The molecular weight excluding hydrogens is 391 g/mol. The van der Waals surface area contributed by atoms with E-state index in [9.17, 15) is 22.4 Å². The quantitative estimate of drug-likeness (QED) is 0.623. The minimum atomic E-state index is -3.78. The van der Waals surface area contributed by atoms with Gasteiger partial charge in [0.15, 0.2) is 18.2 Å². The molecular formula is C18H19FN2O6S.